The number of carbonyl (C=O) groups excluding carboxylic acids is 1. The summed E-state index contributed by atoms with van der Waals surface area (Å²) in [4.78, 5) is 11.0. The van der Waals surface area contributed by atoms with Crippen molar-refractivity contribution in [3.05, 3.63) is 28.8 Å². The van der Waals surface area contributed by atoms with Gasteiger partial charge in [0.15, 0.2) is 0 Å². The molecule has 16 heavy (non-hydrogen) atoms. The van der Waals surface area contributed by atoms with Gasteiger partial charge >= 0.3 is 6.09 Å². The normalized spacial score (nSPS) is 19.3. The van der Waals surface area contributed by atoms with E-state index in [9.17, 15) is 9.90 Å². The van der Waals surface area contributed by atoms with E-state index in [1.54, 1.807) is 12.1 Å². The van der Waals surface area contributed by atoms with Crippen LogP contribution in [-0.2, 0) is 4.74 Å². The standard InChI is InChI=1S/C10H10ClNO3.ClH/c11-6-1-2-9(13)7(5-6)8-3-4-15-10(14)12-8;/h1-2,5,8,13H,3-4H2,(H,12,14);1H/t8-;/m0./s1. The van der Waals surface area contributed by atoms with Gasteiger partial charge in [-0.05, 0) is 18.2 Å². The number of aromatic hydroxyl groups is 1. The van der Waals surface area contributed by atoms with Crippen LogP contribution in [0.1, 0.15) is 18.0 Å². The van der Waals surface area contributed by atoms with Gasteiger partial charge in [-0.2, -0.15) is 0 Å². The molecule has 0 aliphatic carbocycles. The molecule has 2 N–H and O–H groups in total. The fourth-order valence-electron chi connectivity index (χ4n) is 1.56. The molecule has 1 fully saturated rings. The molecular weight excluding hydrogens is 253 g/mol. The number of rotatable bonds is 1. The lowest BCUT2D eigenvalue weighted by molar-refractivity contribution is 0.115. The second-order valence-corrected chi connectivity index (χ2v) is 3.76. The van der Waals surface area contributed by atoms with Crippen LogP contribution in [0.25, 0.3) is 0 Å². The van der Waals surface area contributed by atoms with E-state index in [0.717, 1.165) is 0 Å². The zero-order chi connectivity index (χ0) is 10.8. The molecule has 0 unspecified atom stereocenters. The molecular formula is C10H11Cl2NO3. The minimum Gasteiger partial charge on any atom is -0.508 e. The molecule has 4 nitrogen and oxygen atoms in total. The lowest BCUT2D eigenvalue weighted by Crippen LogP contribution is -2.35. The highest BCUT2D eigenvalue weighted by Crippen LogP contribution is 2.30. The highest BCUT2D eigenvalue weighted by Gasteiger charge is 2.23. The third-order valence-corrected chi connectivity index (χ3v) is 2.53. The maximum atomic E-state index is 11.0. The van der Waals surface area contributed by atoms with E-state index >= 15 is 0 Å². The van der Waals surface area contributed by atoms with Gasteiger partial charge in [0.25, 0.3) is 0 Å². The van der Waals surface area contributed by atoms with Crippen molar-refractivity contribution in [3.8, 4) is 5.75 Å². The minimum atomic E-state index is -0.467. The molecule has 1 aromatic carbocycles. The molecule has 1 saturated heterocycles. The number of alkyl carbamates (subject to hydrolysis) is 1. The first-order valence-corrected chi connectivity index (χ1v) is 4.96. The quantitative estimate of drug-likeness (QED) is 0.819. The second kappa shape index (κ2) is 5.27. The van der Waals surface area contributed by atoms with Crippen LogP contribution in [0.4, 0.5) is 4.79 Å². The Hall–Kier alpha value is -1.13. The fourth-order valence-corrected chi connectivity index (χ4v) is 1.74. The number of carbonyl (C=O) groups is 1. The van der Waals surface area contributed by atoms with Gasteiger partial charge < -0.3 is 15.2 Å². The summed E-state index contributed by atoms with van der Waals surface area (Å²) in [7, 11) is 0. The Morgan fingerprint density at radius 3 is 2.94 bits per heavy atom. The molecule has 0 bridgehead atoms. The van der Waals surface area contributed by atoms with Crippen molar-refractivity contribution in [1.29, 1.82) is 0 Å². The van der Waals surface area contributed by atoms with Gasteiger partial charge in [0, 0.05) is 17.0 Å². The molecule has 1 atom stereocenters. The Kier molecular flexibility index (Phi) is 4.26. The van der Waals surface area contributed by atoms with Crippen LogP contribution < -0.4 is 5.32 Å². The number of phenols is 1. The molecule has 1 heterocycles. The van der Waals surface area contributed by atoms with E-state index in [4.69, 9.17) is 16.3 Å². The molecule has 1 aliphatic rings. The van der Waals surface area contributed by atoms with Gasteiger partial charge in [-0.3, -0.25) is 0 Å². The lowest BCUT2D eigenvalue weighted by Gasteiger charge is -2.24. The maximum Gasteiger partial charge on any atom is 0.407 e. The summed E-state index contributed by atoms with van der Waals surface area (Å²) in [5, 5.41) is 12.8. The summed E-state index contributed by atoms with van der Waals surface area (Å²) in [6.45, 7) is 0.350. The summed E-state index contributed by atoms with van der Waals surface area (Å²) in [6.07, 6.45) is 0.158. The topological polar surface area (TPSA) is 58.6 Å². The van der Waals surface area contributed by atoms with Crippen molar-refractivity contribution in [2.45, 2.75) is 12.5 Å². The number of ether oxygens (including phenoxy) is 1. The lowest BCUT2D eigenvalue weighted by atomic mass is 10.0. The smallest absolute Gasteiger partial charge is 0.407 e. The minimum absolute atomic E-state index is 0. The average Bonchev–Trinajstić information content (AvgIpc) is 2.22. The predicted molar refractivity (Wildman–Crippen MR) is 62.2 cm³/mol. The number of hydrogen-bond acceptors (Lipinski definition) is 3. The highest BCUT2D eigenvalue weighted by molar-refractivity contribution is 6.30. The van der Waals surface area contributed by atoms with E-state index in [2.05, 4.69) is 5.32 Å². The van der Waals surface area contributed by atoms with E-state index in [-0.39, 0.29) is 24.2 Å². The van der Waals surface area contributed by atoms with E-state index < -0.39 is 6.09 Å². The summed E-state index contributed by atoms with van der Waals surface area (Å²) < 4.78 is 4.74. The Morgan fingerprint density at radius 1 is 1.50 bits per heavy atom. The molecule has 0 saturated carbocycles. The molecule has 1 aromatic rings. The fraction of sp³-hybridized carbons (Fsp3) is 0.300. The van der Waals surface area contributed by atoms with E-state index in [1.165, 1.54) is 6.07 Å². The first-order valence-electron chi connectivity index (χ1n) is 4.58. The van der Waals surface area contributed by atoms with E-state index in [0.29, 0.717) is 23.6 Å². The largest absolute Gasteiger partial charge is 0.508 e. The number of phenolic OH excluding ortho intramolecular Hbond substituents is 1. The summed E-state index contributed by atoms with van der Waals surface area (Å²) in [5.74, 6) is 0.131. The van der Waals surface area contributed by atoms with Crippen molar-refractivity contribution in [2.24, 2.45) is 0 Å². The molecule has 1 amide bonds. The predicted octanol–water partition coefficient (Wildman–Crippen LogP) is 2.64. The van der Waals surface area contributed by atoms with Crippen LogP contribution in [0.2, 0.25) is 5.02 Å². The van der Waals surface area contributed by atoms with Gasteiger partial charge in [0.2, 0.25) is 0 Å². The number of halogens is 2. The van der Waals surface area contributed by atoms with Crippen LogP contribution in [0.15, 0.2) is 18.2 Å². The van der Waals surface area contributed by atoms with Crippen LogP contribution in [0, 0.1) is 0 Å². The van der Waals surface area contributed by atoms with Gasteiger partial charge in [-0.15, -0.1) is 12.4 Å². The van der Waals surface area contributed by atoms with Crippen LogP contribution in [0.5, 0.6) is 5.75 Å². The second-order valence-electron chi connectivity index (χ2n) is 3.32. The Labute approximate surface area is 104 Å². The van der Waals surface area contributed by atoms with E-state index in [1.807, 2.05) is 0 Å². The molecule has 0 radical (unpaired) electrons. The van der Waals surface area contributed by atoms with Gasteiger partial charge in [-0.25, -0.2) is 4.79 Å². The maximum absolute atomic E-state index is 11.0. The van der Waals surface area contributed by atoms with Gasteiger partial charge in [0.1, 0.15) is 5.75 Å². The SMILES string of the molecule is Cl.O=C1N[C@H](c2cc(Cl)ccc2O)CCO1. The van der Waals surface area contributed by atoms with Gasteiger partial charge in [-0.1, -0.05) is 11.6 Å². The molecule has 2 rings (SSSR count). The monoisotopic (exact) mass is 263 g/mol. The molecule has 1 aliphatic heterocycles. The van der Waals surface area contributed by atoms with Crippen LogP contribution >= 0.6 is 24.0 Å². The van der Waals surface area contributed by atoms with Crippen molar-refractivity contribution in [1.82, 2.24) is 5.32 Å². The third-order valence-electron chi connectivity index (χ3n) is 2.30. The zero-order valence-corrected chi connectivity index (χ0v) is 9.85. The van der Waals surface area contributed by atoms with Crippen molar-refractivity contribution in [2.75, 3.05) is 6.61 Å². The van der Waals surface area contributed by atoms with Crippen molar-refractivity contribution in [3.63, 3.8) is 0 Å². The van der Waals surface area contributed by atoms with Crippen molar-refractivity contribution < 1.29 is 14.6 Å². The Morgan fingerprint density at radius 2 is 2.25 bits per heavy atom. The number of hydrogen-bond donors (Lipinski definition) is 2. The number of cyclic esters (lactones) is 1. The number of nitrogens with one attached hydrogen (secondary N) is 1. The number of amides is 1. The summed E-state index contributed by atoms with van der Waals surface area (Å²) in [5.41, 5.74) is 0.624. The number of benzene rings is 1. The molecule has 0 aromatic heterocycles. The molecule has 0 spiro atoms. The van der Waals surface area contributed by atoms with Crippen LogP contribution in [-0.4, -0.2) is 17.8 Å². The first kappa shape index (κ1) is 12.9. The Bertz CT molecular complexity index is 398. The van der Waals surface area contributed by atoms with Gasteiger partial charge in [0.05, 0.1) is 12.6 Å². The zero-order valence-electron chi connectivity index (χ0n) is 8.27. The average molecular weight is 264 g/mol. The first-order chi connectivity index (χ1) is 7.16. The van der Waals surface area contributed by atoms with Crippen molar-refractivity contribution >= 4 is 30.1 Å². The molecule has 88 valence electrons. The molecule has 6 heteroatoms. The third kappa shape index (κ3) is 2.71. The highest BCUT2D eigenvalue weighted by atomic mass is 35.5. The summed E-state index contributed by atoms with van der Waals surface area (Å²) >= 11 is 5.82. The van der Waals surface area contributed by atoms with Crippen LogP contribution in [0.3, 0.4) is 0 Å². The summed E-state index contributed by atoms with van der Waals surface area (Å²) in [6, 6.07) is 4.53. The Balaban J connectivity index is 0.00000128.